The average Bonchev–Trinajstić information content (AvgIpc) is 2.88. The highest BCUT2D eigenvalue weighted by atomic mass is 32.2. The molecule has 3 N–H and O–H groups in total. The lowest BCUT2D eigenvalue weighted by Crippen LogP contribution is -2.36. The molecular weight excluding hydrogens is 300 g/mol. The second-order valence-electron chi connectivity index (χ2n) is 5.10. The van der Waals surface area contributed by atoms with Crippen molar-refractivity contribution in [3.05, 3.63) is 0 Å². The molecule has 0 aliphatic carbocycles. The van der Waals surface area contributed by atoms with E-state index in [1.54, 1.807) is 0 Å². The van der Waals surface area contributed by atoms with Gasteiger partial charge in [-0.2, -0.15) is 11.8 Å². The Morgan fingerprint density at radius 3 is 3.00 bits per heavy atom. The van der Waals surface area contributed by atoms with Crippen LogP contribution in [0.4, 0.5) is 0 Å². The van der Waals surface area contributed by atoms with Gasteiger partial charge in [0.2, 0.25) is 0 Å². The summed E-state index contributed by atoms with van der Waals surface area (Å²) in [5.74, 6) is 0.986. The Labute approximate surface area is 128 Å². The van der Waals surface area contributed by atoms with Gasteiger partial charge in [0.25, 0.3) is 0 Å². The topological polar surface area (TPSA) is 61.4 Å². The number of carbonyl (C=O) groups is 1. The summed E-state index contributed by atoms with van der Waals surface area (Å²) in [5, 5.41) is 16.8. The summed E-state index contributed by atoms with van der Waals surface area (Å²) in [6, 6.07) is 0.891. The van der Waals surface area contributed by atoms with E-state index in [9.17, 15) is 4.79 Å². The van der Waals surface area contributed by atoms with Crippen LogP contribution in [0.3, 0.4) is 0 Å². The van der Waals surface area contributed by atoms with Crippen molar-refractivity contribution in [2.24, 2.45) is 5.92 Å². The Bertz CT molecular complexity index is 354. The number of carbonyl (C=O) groups excluding carboxylic acids is 1. The van der Waals surface area contributed by atoms with Crippen molar-refractivity contribution in [3.8, 4) is 0 Å². The van der Waals surface area contributed by atoms with E-state index in [-0.39, 0.29) is 17.6 Å². The molecule has 2 saturated heterocycles. The van der Waals surface area contributed by atoms with Crippen LogP contribution in [-0.2, 0) is 4.79 Å². The molecule has 7 heteroatoms. The molecule has 19 heavy (non-hydrogen) atoms. The quantitative estimate of drug-likeness (QED) is 0.414. The van der Waals surface area contributed by atoms with Gasteiger partial charge in [-0.3, -0.25) is 4.79 Å². The van der Waals surface area contributed by atoms with Gasteiger partial charge in [0.15, 0.2) is 10.2 Å². The molecule has 4 nitrogen and oxygen atoms in total. The third kappa shape index (κ3) is 4.00. The molecule has 0 spiro atoms. The van der Waals surface area contributed by atoms with E-state index >= 15 is 0 Å². The zero-order chi connectivity index (χ0) is 13.8. The molecule has 0 amide bonds. The van der Waals surface area contributed by atoms with Crippen molar-refractivity contribution < 1.29 is 9.90 Å². The molecule has 2 aliphatic rings. The summed E-state index contributed by atoms with van der Waals surface area (Å²) >= 11 is 11.0. The minimum absolute atomic E-state index is 0.0551. The van der Waals surface area contributed by atoms with Gasteiger partial charge < -0.3 is 15.7 Å². The Balaban J connectivity index is 1.73. The fourth-order valence-electron chi connectivity index (χ4n) is 2.76. The lowest BCUT2D eigenvalue weighted by Gasteiger charge is -2.18. The summed E-state index contributed by atoms with van der Waals surface area (Å²) in [4.78, 5) is 11.3. The molecule has 108 valence electrons. The maximum absolute atomic E-state index is 11.3. The Hall–Kier alpha value is 0.0200. The lowest BCUT2D eigenvalue weighted by molar-refractivity contribution is -0.114. The third-order valence-electron chi connectivity index (χ3n) is 3.81. The number of hydrogen-bond acceptors (Lipinski definition) is 4. The van der Waals surface area contributed by atoms with Gasteiger partial charge >= 0.3 is 0 Å². The van der Waals surface area contributed by atoms with Crippen LogP contribution in [0.25, 0.3) is 0 Å². The maximum Gasteiger partial charge on any atom is 0.189 e. The van der Waals surface area contributed by atoms with E-state index in [2.05, 4.69) is 23.3 Å². The molecular formula is C12H20N2O2S3. The van der Waals surface area contributed by atoms with Gasteiger partial charge in [-0.15, -0.1) is 12.6 Å². The lowest BCUT2D eigenvalue weighted by atomic mass is 9.97. The van der Waals surface area contributed by atoms with Gasteiger partial charge in [-0.1, -0.05) is 6.42 Å². The SMILES string of the molecule is O=C(S)C(CCO)CCC[C@@H]1SC[C@@H]2NC(=S)N[C@@H]21. The molecule has 0 bridgehead atoms. The summed E-state index contributed by atoms with van der Waals surface area (Å²) in [5.41, 5.74) is 0. The highest BCUT2D eigenvalue weighted by molar-refractivity contribution is 8.00. The van der Waals surface area contributed by atoms with Crippen LogP contribution in [0.1, 0.15) is 25.7 Å². The summed E-state index contributed by atoms with van der Waals surface area (Å²) in [6.45, 7) is 0.0551. The van der Waals surface area contributed by atoms with E-state index in [1.807, 2.05) is 11.8 Å². The summed E-state index contributed by atoms with van der Waals surface area (Å²) in [7, 11) is 0. The minimum Gasteiger partial charge on any atom is -0.396 e. The number of fused-ring (bicyclic) bond motifs is 1. The van der Waals surface area contributed by atoms with Crippen molar-refractivity contribution >= 4 is 46.8 Å². The molecule has 4 atom stereocenters. The van der Waals surface area contributed by atoms with E-state index < -0.39 is 0 Å². The molecule has 0 radical (unpaired) electrons. The number of nitrogens with one attached hydrogen (secondary N) is 2. The van der Waals surface area contributed by atoms with Crippen molar-refractivity contribution in [3.63, 3.8) is 0 Å². The molecule has 0 aromatic rings. The first kappa shape index (κ1) is 15.4. The van der Waals surface area contributed by atoms with Crippen LogP contribution in [-0.4, -0.2) is 45.0 Å². The number of aliphatic hydroxyl groups is 1. The second kappa shape index (κ2) is 7.15. The van der Waals surface area contributed by atoms with E-state index in [1.165, 1.54) is 0 Å². The van der Waals surface area contributed by atoms with Crippen LogP contribution in [0.5, 0.6) is 0 Å². The fraction of sp³-hybridized carbons (Fsp3) is 0.833. The monoisotopic (exact) mass is 320 g/mol. The molecule has 0 aromatic heterocycles. The number of thiocarbonyl (C=S) groups is 1. The molecule has 2 heterocycles. The molecule has 0 saturated carbocycles. The van der Waals surface area contributed by atoms with Gasteiger partial charge in [0, 0.05) is 23.5 Å². The zero-order valence-corrected chi connectivity index (χ0v) is 13.2. The molecule has 2 rings (SSSR count). The molecule has 2 fully saturated rings. The number of hydrogen-bond donors (Lipinski definition) is 4. The standard InChI is InChI=1S/C12H20N2O2S3/c15-5-4-7(11(16)17)2-1-3-9-10-8(6-19-9)13-12(18)14-10/h7-10,15H,1-6H2,(H,16,17)(H2,13,14,18)/t7?,8-,9-,10-/m0/s1. The van der Waals surface area contributed by atoms with Crippen LogP contribution < -0.4 is 10.6 Å². The largest absolute Gasteiger partial charge is 0.396 e. The van der Waals surface area contributed by atoms with Crippen LogP contribution in [0.15, 0.2) is 0 Å². The predicted molar refractivity (Wildman–Crippen MR) is 85.7 cm³/mol. The Morgan fingerprint density at radius 1 is 1.53 bits per heavy atom. The predicted octanol–water partition coefficient (Wildman–Crippen LogP) is 0.942. The van der Waals surface area contributed by atoms with E-state index in [0.29, 0.717) is 23.8 Å². The number of rotatable bonds is 7. The van der Waals surface area contributed by atoms with E-state index in [4.69, 9.17) is 17.3 Å². The van der Waals surface area contributed by atoms with Crippen LogP contribution in [0.2, 0.25) is 0 Å². The number of thiol groups is 1. The average molecular weight is 321 g/mol. The molecule has 0 aromatic carbocycles. The summed E-state index contributed by atoms with van der Waals surface area (Å²) < 4.78 is 0. The van der Waals surface area contributed by atoms with Gasteiger partial charge in [0.1, 0.15) is 0 Å². The van der Waals surface area contributed by atoms with Crippen molar-refractivity contribution in [2.75, 3.05) is 12.4 Å². The van der Waals surface area contributed by atoms with Crippen molar-refractivity contribution in [1.82, 2.24) is 10.6 Å². The highest BCUT2D eigenvalue weighted by Gasteiger charge is 2.41. The van der Waals surface area contributed by atoms with E-state index in [0.717, 1.165) is 30.1 Å². The molecule has 2 aliphatic heterocycles. The first-order chi connectivity index (χ1) is 9.11. The molecule has 1 unspecified atom stereocenters. The third-order valence-corrected chi connectivity index (χ3v) is 5.92. The zero-order valence-electron chi connectivity index (χ0n) is 10.7. The Kier molecular flexibility index (Phi) is 5.80. The highest BCUT2D eigenvalue weighted by Crippen LogP contribution is 2.33. The van der Waals surface area contributed by atoms with Gasteiger partial charge in [-0.05, 0) is 31.5 Å². The number of thioether (sulfide) groups is 1. The van der Waals surface area contributed by atoms with Crippen molar-refractivity contribution in [1.29, 1.82) is 0 Å². The van der Waals surface area contributed by atoms with Gasteiger partial charge in [-0.25, -0.2) is 0 Å². The van der Waals surface area contributed by atoms with Gasteiger partial charge in [0.05, 0.1) is 12.1 Å². The number of aliphatic hydroxyl groups excluding tert-OH is 1. The normalized spacial score (nSPS) is 30.6. The van der Waals surface area contributed by atoms with Crippen LogP contribution in [0, 0.1) is 5.92 Å². The second-order valence-corrected chi connectivity index (χ2v) is 7.22. The smallest absolute Gasteiger partial charge is 0.189 e. The minimum atomic E-state index is -0.105. The first-order valence-corrected chi connectivity index (χ1v) is 8.54. The maximum atomic E-state index is 11.3. The van der Waals surface area contributed by atoms with Crippen LogP contribution >= 0.6 is 36.6 Å². The Morgan fingerprint density at radius 2 is 2.32 bits per heavy atom. The first-order valence-electron chi connectivity index (χ1n) is 6.64. The summed E-state index contributed by atoms with van der Waals surface area (Å²) in [6.07, 6.45) is 3.41. The fourth-order valence-corrected chi connectivity index (χ4v) is 4.84. The van der Waals surface area contributed by atoms with Crippen molar-refractivity contribution in [2.45, 2.75) is 43.0 Å².